The highest BCUT2D eigenvalue weighted by Crippen LogP contribution is 2.46. The Balaban J connectivity index is 2.16. The van der Waals surface area contributed by atoms with Gasteiger partial charge in [0.1, 0.15) is 5.69 Å². The zero-order chi connectivity index (χ0) is 12.4. The predicted molar refractivity (Wildman–Crippen MR) is 71.6 cm³/mol. The van der Waals surface area contributed by atoms with Crippen LogP contribution in [0.1, 0.15) is 18.9 Å². The van der Waals surface area contributed by atoms with Crippen molar-refractivity contribution in [2.75, 3.05) is 6.61 Å². The zero-order valence-corrected chi connectivity index (χ0v) is 12.1. The number of nitrogens with zero attached hydrogens (tertiary/aromatic N) is 1. The van der Waals surface area contributed by atoms with Crippen LogP contribution in [0.3, 0.4) is 0 Å². The number of hydrogen-bond acceptors (Lipinski definition) is 5. The molecule has 0 atom stereocenters. The molecule has 0 unspecified atom stereocenters. The van der Waals surface area contributed by atoms with Crippen molar-refractivity contribution in [2.45, 2.75) is 19.8 Å². The summed E-state index contributed by atoms with van der Waals surface area (Å²) in [5, 5.41) is 1.05. The van der Waals surface area contributed by atoms with E-state index in [0.717, 1.165) is 16.1 Å². The van der Waals surface area contributed by atoms with Gasteiger partial charge in [-0.2, -0.15) is 4.37 Å². The Morgan fingerprint density at radius 3 is 2.88 bits per heavy atom. The van der Waals surface area contributed by atoms with E-state index < -0.39 is 0 Å². The lowest BCUT2D eigenvalue weighted by Crippen LogP contribution is -2.05. The minimum absolute atomic E-state index is 0.229. The highest BCUT2D eigenvalue weighted by atomic mass is 35.5. The molecule has 1 heterocycles. The summed E-state index contributed by atoms with van der Waals surface area (Å²) in [6.45, 7) is 2.17. The minimum Gasteiger partial charge on any atom is -0.466 e. The second-order valence-electron chi connectivity index (χ2n) is 3.34. The average molecular weight is 310 g/mol. The Morgan fingerprint density at radius 1 is 1.41 bits per heavy atom. The van der Waals surface area contributed by atoms with Gasteiger partial charge in [0.05, 0.1) is 21.5 Å². The van der Waals surface area contributed by atoms with Gasteiger partial charge < -0.3 is 4.74 Å². The minimum atomic E-state index is -0.229. The highest BCUT2D eigenvalue weighted by molar-refractivity contribution is 7.68. The molecule has 0 aromatic rings. The summed E-state index contributed by atoms with van der Waals surface area (Å²) in [5.41, 5.74) is 1.66. The van der Waals surface area contributed by atoms with Gasteiger partial charge in [0.15, 0.2) is 0 Å². The van der Waals surface area contributed by atoms with Crippen LogP contribution in [0.15, 0.2) is 0 Å². The van der Waals surface area contributed by atoms with E-state index in [0.29, 0.717) is 29.5 Å². The van der Waals surface area contributed by atoms with Crippen LogP contribution in [0.2, 0.25) is 10.0 Å². The zero-order valence-electron chi connectivity index (χ0n) is 8.96. The smallest absolute Gasteiger partial charge is 0.306 e. The first-order valence-electron chi connectivity index (χ1n) is 5.02. The van der Waals surface area contributed by atoms with E-state index in [4.69, 9.17) is 27.9 Å². The maximum atomic E-state index is 11.3. The molecular formula is C10H9Cl2NO2S2. The molecule has 0 amide bonds. The van der Waals surface area contributed by atoms with E-state index in [1.807, 2.05) is 0 Å². The third-order valence-electron chi connectivity index (χ3n) is 2.29. The van der Waals surface area contributed by atoms with Gasteiger partial charge >= 0.3 is 5.97 Å². The van der Waals surface area contributed by atoms with E-state index in [-0.39, 0.29) is 5.97 Å². The van der Waals surface area contributed by atoms with Crippen molar-refractivity contribution < 1.29 is 9.53 Å². The molecule has 7 heteroatoms. The number of hydrogen-bond donors (Lipinski definition) is 0. The molecule has 1 aliphatic carbocycles. The molecule has 1 aliphatic heterocycles. The molecule has 0 aromatic carbocycles. The van der Waals surface area contributed by atoms with Crippen molar-refractivity contribution in [1.82, 2.24) is 4.37 Å². The van der Waals surface area contributed by atoms with E-state index in [1.54, 1.807) is 6.92 Å². The maximum absolute atomic E-state index is 11.3. The summed E-state index contributed by atoms with van der Waals surface area (Å²) in [6.07, 6.45) is 0.808. The van der Waals surface area contributed by atoms with E-state index in [9.17, 15) is 4.79 Å². The van der Waals surface area contributed by atoms with E-state index in [1.165, 1.54) is 20.9 Å². The molecule has 0 fully saturated rings. The largest absolute Gasteiger partial charge is 0.466 e. The van der Waals surface area contributed by atoms with Crippen molar-refractivity contribution >= 4 is 50.0 Å². The van der Waals surface area contributed by atoms with Crippen LogP contribution < -0.4 is 0 Å². The molecule has 0 saturated heterocycles. The Morgan fingerprint density at radius 2 is 2.18 bits per heavy atom. The van der Waals surface area contributed by atoms with E-state index in [2.05, 4.69) is 4.37 Å². The van der Waals surface area contributed by atoms with Crippen LogP contribution >= 0.6 is 44.1 Å². The third-order valence-corrected chi connectivity index (χ3v) is 5.14. The highest BCUT2D eigenvalue weighted by Gasteiger charge is 2.24. The number of esters is 1. The lowest BCUT2D eigenvalue weighted by molar-refractivity contribution is -0.143. The SMILES string of the molecule is CCOC(=O)CCc1c2nssc-2c(Cl)c1Cl. The van der Waals surface area contributed by atoms with Crippen molar-refractivity contribution in [3.05, 3.63) is 15.6 Å². The van der Waals surface area contributed by atoms with E-state index >= 15 is 0 Å². The number of rotatable bonds is 4. The third kappa shape index (κ3) is 2.57. The number of aromatic nitrogens is 1. The fourth-order valence-electron chi connectivity index (χ4n) is 1.53. The summed E-state index contributed by atoms with van der Waals surface area (Å²) in [5.74, 6) is -0.229. The molecule has 0 aromatic heterocycles. The first-order chi connectivity index (χ1) is 8.15. The number of carbonyl (C=O) groups excluding carboxylic acids is 1. The van der Waals surface area contributed by atoms with Crippen molar-refractivity contribution in [2.24, 2.45) is 0 Å². The van der Waals surface area contributed by atoms with Gasteiger partial charge in [-0.3, -0.25) is 4.79 Å². The number of fused-ring (bicyclic) bond motifs is 1. The molecule has 17 heavy (non-hydrogen) atoms. The lowest BCUT2D eigenvalue weighted by Gasteiger charge is -2.01. The fraction of sp³-hybridized carbons (Fsp3) is 0.400. The molecule has 3 nitrogen and oxygen atoms in total. The Kier molecular flexibility index (Phi) is 4.25. The van der Waals surface area contributed by atoms with Crippen LogP contribution in [-0.4, -0.2) is 16.9 Å². The van der Waals surface area contributed by atoms with Crippen molar-refractivity contribution in [3.8, 4) is 10.6 Å². The van der Waals surface area contributed by atoms with Crippen LogP contribution in [0.5, 0.6) is 0 Å². The van der Waals surface area contributed by atoms with Gasteiger partial charge in [0.25, 0.3) is 0 Å². The Hall–Kier alpha value is -0.360. The van der Waals surface area contributed by atoms with Crippen molar-refractivity contribution in [3.63, 3.8) is 0 Å². The summed E-state index contributed by atoms with van der Waals surface area (Å²) in [4.78, 5) is 12.2. The maximum Gasteiger partial charge on any atom is 0.306 e. The molecule has 92 valence electrons. The quantitative estimate of drug-likeness (QED) is 0.630. The molecular weight excluding hydrogens is 301 g/mol. The second kappa shape index (κ2) is 5.52. The summed E-state index contributed by atoms with van der Waals surface area (Å²) >= 11 is 12.2. The second-order valence-corrected chi connectivity index (χ2v) is 5.95. The van der Waals surface area contributed by atoms with Crippen LogP contribution in [0, 0.1) is 0 Å². The summed E-state index contributed by atoms with van der Waals surface area (Å²) in [7, 11) is 2.86. The predicted octanol–water partition coefficient (Wildman–Crippen LogP) is 4.11. The lowest BCUT2D eigenvalue weighted by atomic mass is 10.1. The fourth-order valence-corrected chi connectivity index (χ4v) is 4.24. The first-order valence-corrected chi connectivity index (χ1v) is 7.88. The van der Waals surface area contributed by atoms with Crippen LogP contribution in [0.4, 0.5) is 0 Å². The normalized spacial score (nSPS) is 11.0. The topological polar surface area (TPSA) is 39.2 Å². The number of ether oxygens (including phenoxy) is 1. The number of halogens is 2. The summed E-state index contributed by atoms with van der Waals surface area (Å²) < 4.78 is 9.14. The molecule has 2 rings (SSSR count). The average Bonchev–Trinajstić information content (AvgIpc) is 2.84. The Labute approximate surface area is 116 Å². The van der Waals surface area contributed by atoms with Gasteiger partial charge in [-0.1, -0.05) is 33.5 Å². The van der Waals surface area contributed by atoms with Crippen LogP contribution in [0.25, 0.3) is 10.6 Å². The molecule has 0 bridgehead atoms. The van der Waals surface area contributed by atoms with Gasteiger partial charge in [0.2, 0.25) is 0 Å². The molecule has 0 N–H and O–H groups in total. The van der Waals surface area contributed by atoms with Gasteiger partial charge in [-0.05, 0) is 13.3 Å². The van der Waals surface area contributed by atoms with Crippen molar-refractivity contribution in [1.29, 1.82) is 0 Å². The molecule has 0 saturated carbocycles. The molecule has 2 aliphatic rings. The number of carbonyl (C=O) groups is 1. The first kappa shape index (κ1) is 13.1. The summed E-state index contributed by atoms with van der Waals surface area (Å²) in [6, 6.07) is 0. The van der Waals surface area contributed by atoms with Gasteiger partial charge in [-0.25, -0.2) is 0 Å². The van der Waals surface area contributed by atoms with Gasteiger partial charge in [0, 0.05) is 22.5 Å². The van der Waals surface area contributed by atoms with Gasteiger partial charge in [-0.15, -0.1) is 0 Å². The van der Waals surface area contributed by atoms with Crippen LogP contribution in [-0.2, 0) is 16.0 Å². The molecule has 0 radical (unpaired) electrons. The monoisotopic (exact) mass is 309 g/mol. The molecule has 0 spiro atoms. The Bertz CT molecular complexity index is 509. The standard InChI is InChI=1S/C10H9Cl2NO2S2/c1-2-15-6(14)4-3-5-7(11)8(12)10-9(5)13-17-16-10/h2-4H2,1H3.